The van der Waals surface area contributed by atoms with Crippen LogP contribution in [0.4, 0.5) is 0 Å². The molecule has 0 radical (unpaired) electrons. The predicted octanol–water partition coefficient (Wildman–Crippen LogP) is 6.29. The molecule has 7 rings (SSSR count). The van der Waals surface area contributed by atoms with Crippen molar-refractivity contribution in [2.24, 2.45) is 11.8 Å². The third-order valence-electron chi connectivity index (χ3n) is 9.13. The van der Waals surface area contributed by atoms with Gasteiger partial charge in [0.1, 0.15) is 29.8 Å². The Morgan fingerprint density at radius 1 is 0.917 bits per heavy atom. The summed E-state index contributed by atoms with van der Waals surface area (Å²) in [7, 11) is 0. The van der Waals surface area contributed by atoms with Gasteiger partial charge in [-0.15, -0.1) is 11.3 Å². The van der Waals surface area contributed by atoms with E-state index in [1.807, 2.05) is 18.2 Å². The van der Waals surface area contributed by atoms with Crippen molar-refractivity contribution in [3.63, 3.8) is 0 Å². The Labute approximate surface area is 219 Å². The maximum atomic E-state index is 12.3. The lowest BCUT2D eigenvalue weighted by atomic mass is 9.73. The van der Waals surface area contributed by atoms with Crippen LogP contribution in [0.2, 0.25) is 0 Å². The van der Waals surface area contributed by atoms with Gasteiger partial charge in [0.2, 0.25) is 0 Å². The van der Waals surface area contributed by atoms with Crippen LogP contribution in [0.15, 0.2) is 66.9 Å². The standard InChI is InChI=1S/C31H39N2O2S/c34-31(26-12-6-2-7-13-26,27-14-8-3-9-15-27)30-32-20-28(36-30)21-33-18-16-25(17-19-33)29(22-33)35-23-24-10-4-1-5-11-24/h1-2,4-7,10-13,20,25,27,29,34H,3,8-9,14-19,21-23H2/q+1/t25?,29?,31-,33?/m0/s1. The van der Waals surface area contributed by atoms with E-state index in [4.69, 9.17) is 9.72 Å². The number of hydrogen-bond donors (Lipinski definition) is 1. The normalized spacial score (nSPS) is 28.1. The number of thiazole rings is 1. The average Bonchev–Trinajstić information content (AvgIpc) is 3.42. The van der Waals surface area contributed by atoms with Crippen molar-refractivity contribution in [1.29, 1.82) is 0 Å². The van der Waals surface area contributed by atoms with Gasteiger partial charge in [0, 0.05) is 25.0 Å². The second-order valence-corrected chi connectivity index (χ2v) is 12.5. The molecule has 1 aliphatic carbocycles. The van der Waals surface area contributed by atoms with Crippen molar-refractivity contribution in [1.82, 2.24) is 4.98 Å². The maximum absolute atomic E-state index is 12.3. The van der Waals surface area contributed by atoms with Gasteiger partial charge in [-0.3, -0.25) is 0 Å². The maximum Gasteiger partial charge on any atom is 0.144 e. The summed E-state index contributed by atoms with van der Waals surface area (Å²) in [6.07, 6.45) is 10.7. The number of fused-ring (bicyclic) bond motifs is 3. The number of ether oxygens (including phenoxy) is 1. The topological polar surface area (TPSA) is 42.4 Å². The monoisotopic (exact) mass is 503 g/mol. The first-order valence-electron chi connectivity index (χ1n) is 13.9. The predicted molar refractivity (Wildman–Crippen MR) is 144 cm³/mol. The van der Waals surface area contributed by atoms with E-state index in [0.29, 0.717) is 18.6 Å². The van der Waals surface area contributed by atoms with E-state index in [9.17, 15) is 5.11 Å². The number of nitrogens with zero attached hydrogens (tertiary/aromatic N) is 2. The molecule has 2 atom stereocenters. The summed E-state index contributed by atoms with van der Waals surface area (Å²) in [6, 6.07) is 20.9. The van der Waals surface area contributed by atoms with Crippen LogP contribution in [-0.2, 0) is 23.5 Å². The minimum Gasteiger partial charge on any atom is -0.378 e. The van der Waals surface area contributed by atoms with Gasteiger partial charge in [0.05, 0.1) is 24.6 Å². The van der Waals surface area contributed by atoms with Crippen LogP contribution < -0.4 is 0 Å². The molecular formula is C31H39N2O2S+. The Bertz CT molecular complexity index is 1120. The average molecular weight is 504 g/mol. The van der Waals surface area contributed by atoms with Gasteiger partial charge in [0.25, 0.3) is 0 Å². The highest BCUT2D eigenvalue weighted by Gasteiger charge is 2.47. The van der Waals surface area contributed by atoms with Gasteiger partial charge in [0.15, 0.2) is 0 Å². The van der Waals surface area contributed by atoms with E-state index >= 15 is 0 Å². The highest BCUT2D eigenvalue weighted by molar-refractivity contribution is 7.11. The number of hydrogen-bond acceptors (Lipinski definition) is 4. The Hall–Kier alpha value is -2.05. The van der Waals surface area contributed by atoms with Gasteiger partial charge >= 0.3 is 0 Å². The molecule has 4 fully saturated rings. The smallest absolute Gasteiger partial charge is 0.144 e. The minimum absolute atomic E-state index is 0.237. The van der Waals surface area contributed by atoms with Crippen LogP contribution in [0.1, 0.15) is 66.0 Å². The molecule has 2 aromatic carbocycles. The zero-order chi connectivity index (χ0) is 24.4. The molecule has 36 heavy (non-hydrogen) atoms. The van der Waals surface area contributed by atoms with Crippen LogP contribution in [0.5, 0.6) is 0 Å². The number of benzene rings is 2. The fourth-order valence-corrected chi connectivity index (χ4v) is 8.28. The second kappa shape index (κ2) is 10.4. The lowest BCUT2D eigenvalue weighted by Gasteiger charge is -2.52. The van der Waals surface area contributed by atoms with E-state index in [-0.39, 0.29) is 5.92 Å². The van der Waals surface area contributed by atoms with Gasteiger partial charge in [-0.25, -0.2) is 4.98 Å². The number of aromatic nitrogens is 1. The van der Waals surface area contributed by atoms with E-state index in [1.54, 1.807) is 11.3 Å². The van der Waals surface area contributed by atoms with Crippen LogP contribution in [0.3, 0.4) is 0 Å². The van der Waals surface area contributed by atoms with E-state index in [0.717, 1.165) is 41.0 Å². The summed E-state index contributed by atoms with van der Waals surface area (Å²) in [4.78, 5) is 6.21. The summed E-state index contributed by atoms with van der Waals surface area (Å²) in [5.41, 5.74) is 1.27. The summed E-state index contributed by atoms with van der Waals surface area (Å²) in [6.45, 7) is 5.27. The summed E-state index contributed by atoms with van der Waals surface area (Å²) in [5, 5.41) is 13.2. The first kappa shape index (κ1) is 24.3. The SMILES string of the molecule is O[C@](c1ccccc1)(c1ncc(C[N+]23CCC(CC2)C(OCc2ccccc2)C3)s1)C1CCCCC1. The van der Waals surface area contributed by atoms with Crippen LogP contribution >= 0.6 is 11.3 Å². The van der Waals surface area contributed by atoms with E-state index in [2.05, 4.69) is 48.7 Å². The van der Waals surface area contributed by atoms with Crippen molar-refractivity contribution in [2.45, 2.75) is 69.8 Å². The zero-order valence-electron chi connectivity index (χ0n) is 21.2. The Morgan fingerprint density at radius 3 is 2.33 bits per heavy atom. The minimum atomic E-state index is -0.985. The first-order valence-corrected chi connectivity index (χ1v) is 14.7. The third kappa shape index (κ3) is 4.79. The van der Waals surface area contributed by atoms with Crippen LogP contribution in [-0.4, -0.2) is 40.3 Å². The molecule has 0 spiro atoms. The summed E-state index contributed by atoms with van der Waals surface area (Å²) < 4.78 is 7.60. The quantitative estimate of drug-likeness (QED) is 0.368. The zero-order valence-corrected chi connectivity index (χ0v) is 22.0. The third-order valence-corrected chi connectivity index (χ3v) is 10.2. The highest BCUT2D eigenvalue weighted by atomic mass is 32.1. The number of aliphatic hydroxyl groups is 1. The molecule has 1 saturated carbocycles. The molecule has 5 heteroatoms. The van der Waals surface area contributed by atoms with Gasteiger partial charge < -0.3 is 14.3 Å². The molecule has 1 unspecified atom stereocenters. The molecule has 1 aromatic heterocycles. The van der Waals surface area contributed by atoms with E-state index in [1.165, 1.54) is 55.6 Å². The summed E-state index contributed by atoms with van der Waals surface area (Å²) >= 11 is 1.75. The molecule has 0 amide bonds. The van der Waals surface area contributed by atoms with Crippen molar-refractivity contribution in [2.75, 3.05) is 19.6 Å². The lowest BCUT2D eigenvalue weighted by Crippen LogP contribution is -2.63. The van der Waals surface area contributed by atoms with Crippen molar-refractivity contribution in [3.8, 4) is 0 Å². The molecule has 3 aliphatic heterocycles. The summed E-state index contributed by atoms with van der Waals surface area (Å²) in [5.74, 6) is 0.932. The van der Waals surface area contributed by atoms with E-state index < -0.39 is 5.60 Å². The van der Waals surface area contributed by atoms with Crippen LogP contribution in [0, 0.1) is 11.8 Å². The molecule has 3 aromatic rings. The fourth-order valence-electron chi connectivity index (χ4n) is 7.04. The molecule has 4 heterocycles. The lowest BCUT2D eigenvalue weighted by molar-refractivity contribution is -0.958. The van der Waals surface area contributed by atoms with Crippen molar-refractivity contribution in [3.05, 3.63) is 87.9 Å². The van der Waals surface area contributed by atoms with Crippen molar-refractivity contribution < 1.29 is 14.3 Å². The Morgan fingerprint density at radius 2 is 1.61 bits per heavy atom. The Kier molecular flexibility index (Phi) is 7.00. The largest absolute Gasteiger partial charge is 0.378 e. The molecule has 190 valence electrons. The highest BCUT2D eigenvalue weighted by Crippen LogP contribution is 2.46. The number of quaternary nitrogens is 1. The molecular weight excluding hydrogens is 464 g/mol. The Balaban J connectivity index is 1.20. The molecule has 4 nitrogen and oxygen atoms in total. The number of rotatable bonds is 8. The second-order valence-electron chi connectivity index (χ2n) is 11.4. The first-order chi connectivity index (χ1) is 17.6. The van der Waals surface area contributed by atoms with Gasteiger partial charge in [-0.1, -0.05) is 79.9 Å². The van der Waals surface area contributed by atoms with Gasteiger partial charge in [-0.05, 0) is 29.9 Å². The molecule has 1 N–H and O–H groups in total. The molecule has 3 saturated heterocycles. The number of piperidine rings is 3. The van der Waals surface area contributed by atoms with Crippen LogP contribution in [0.25, 0.3) is 0 Å². The molecule has 4 aliphatic rings. The fraction of sp³-hybridized carbons (Fsp3) is 0.516. The van der Waals surface area contributed by atoms with Crippen molar-refractivity contribution >= 4 is 11.3 Å². The van der Waals surface area contributed by atoms with Gasteiger partial charge in [-0.2, -0.15) is 0 Å². The molecule has 2 bridgehead atoms.